The number of benzene rings is 1. The normalized spacial score (nSPS) is 10.5. The third-order valence-electron chi connectivity index (χ3n) is 2.73. The van der Waals surface area contributed by atoms with E-state index in [0.29, 0.717) is 23.0 Å². The van der Waals surface area contributed by atoms with Crippen LogP contribution in [0, 0.1) is 0 Å². The predicted molar refractivity (Wildman–Crippen MR) is 87.4 cm³/mol. The second kappa shape index (κ2) is 7.02. The number of carbonyl (C=O) groups is 1. The Morgan fingerprint density at radius 2 is 2.25 bits per heavy atom. The molecule has 2 N–H and O–H groups in total. The molecule has 0 saturated heterocycles. The summed E-state index contributed by atoms with van der Waals surface area (Å²) in [5.74, 6) is 0.426. The molecule has 0 radical (unpaired) electrons. The first kappa shape index (κ1) is 15.2. The summed E-state index contributed by atoms with van der Waals surface area (Å²) in [6.45, 7) is 0.641. The number of nitrogens with two attached hydrogens (primary N) is 1. The van der Waals surface area contributed by atoms with E-state index in [1.807, 2.05) is 24.6 Å². The molecule has 1 aromatic heterocycles. The quantitative estimate of drug-likeness (QED) is 0.672. The number of carbonyl (C=O) groups excluding carboxylic acids is 1. The van der Waals surface area contributed by atoms with Crippen LogP contribution in [-0.2, 0) is 11.3 Å². The van der Waals surface area contributed by atoms with Crippen LogP contribution in [0.4, 0.5) is 5.69 Å². The van der Waals surface area contributed by atoms with Gasteiger partial charge in [-0.05, 0) is 29.6 Å². The van der Waals surface area contributed by atoms with Gasteiger partial charge in [0.05, 0.1) is 12.3 Å². The summed E-state index contributed by atoms with van der Waals surface area (Å²) >= 11 is 8.99. The molecular weight excluding hydrogens is 312 g/mol. The van der Waals surface area contributed by atoms with E-state index in [1.165, 1.54) is 16.6 Å². The molecule has 2 aromatic rings. The van der Waals surface area contributed by atoms with Crippen molar-refractivity contribution in [2.24, 2.45) is 0 Å². The minimum atomic E-state index is 0.0720. The van der Waals surface area contributed by atoms with Gasteiger partial charge in [-0.2, -0.15) is 0 Å². The van der Waals surface area contributed by atoms with Crippen LogP contribution in [0.1, 0.15) is 4.88 Å². The standard InChI is InChI=1S/C14H15ClN2OS2/c1-17(8-11-3-2-6-19-11)14(18)9-20-13-7-10(15)4-5-12(13)16/h2-7H,8-9,16H2,1H3. The Hall–Kier alpha value is -1.17. The highest BCUT2D eigenvalue weighted by Gasteiger charge is 2.11. The van der Waals surface area contributed by atoms with Crippen LogP contribution in [0.15, 0.2) is 40.6 Å². The lowest BCUT2D eigenvalue weighted by molar-refractivity contribution is -0.127. The molecule has 20 heavy (non-hydrogen) atoms. The van der Waals surface area contributed by atoms with Crippen molar-refractivity contribution in [1.29, 1.82) is 0 Å². The highest BCUT2D eigenvalue weighted by molar-refractivity contribution is 8.00. The van der Waals surface area contributed by atoms with E-state index in [-0.39, 0.29) is 5.91 Å². The van der Waals surface area contributed by atoms with E-state index in [4.69, 9.17) is 17.3 Å². The monoisotopic (exact) mass is 326 g/mol. The molecule has 106 valence electrons. The molecular formula is C14H15ClN2OS2. The summed E-state index contributed by atoms with van der Waals surface area (Å²) in [6, 6.07) is 9.29. The molecule has 0 saturated carbocycles. The number of thiophene rings is 1. The smallest absolute Gasteiger partial charge is 0.233 e. The number of nitrogen functional groups attached to an aromatic ring is 1. The topological polar surface area (TPSA) is 46.3 Å². The van der Waals surface area contributed by atoms with E-state index < -0.39 is 0 Å². The van der Waals surface area contributed by atoms with Gasteiger partial charge in [0.25, 0.3) is 0 Å². The van der Waals surface area contributed by atoms with E-state index in [2.05, 4.69) is 0 Å². The Morgan fingerprint density at radius 1 is 1.45 bits per heavy atom. The zero-order valence-corrected chi connectivity index (χ0v) is 13.4. The molecule has 2 rings (SSSR count). The average Bonchev–Trinajstić information content (AvgIpc) is 2.92. The van der Waals surface area contributed by atoms with Crippen molar-refractivity contribution in [3.05, 3.63) is 45.6 Å². The Labute approximate surface area is 131 Å². The number of halogens is 1. The van der Waals surface area contributed by atoms with E-state index in [9.17, 15) is 4.79 Å². The summed E-state index contributed by atoms with van der Waals surface area (Å²) in [7, 11) is 1.81. The molecule has 0 spiro atoms. The van der Waals surface area contributed by atoms with Crippen molar-refractivity contribution >= 4 is 46.3 Å². The highest BCUT2D eigenvalue weighted by Crippen LogP contribution is 2.28. The maximum absolute atomic E-state index is 12.1. The van der Waals surface area contributed by atoms with E-state index >= 15 is 0 Å². The first-order chi connectivity index (χ1) is 9.56. The molecule has 0 aliphatic heterocycles. The summed E-state index contributed by atoms with van der Waals surface area (Å²) in [5.41, 5.74) is 6.51. The molecule has 1 amide bonds. The van der Waals surface area contributed by atoms with Gasteiger partial charge in [-0.25, -0.2) is 0 Å². The molecule has 0 aliphatic carbocycles. The number of amides is 1. The molecule has 0 bridgehead atoms. The van der Waals surface area contributed by atoms with Gasteiger partial charge >= 0.3 is 0 Å². The van der Waals surface area contributed by atoms with Gasteiger partial charge in [-0.15, -0.1) is 23.1 Å². The van der Waals surface area contributed by atoms with Crippen molar-refractivity contribution in [3.63, 3.8) is 0 Å². The molecule has 3 nitrogen and oxygen atoms in total. The molecule has 1 aromatic carbocycles. The van der Waals surface area contributed by atoms with Gasteiger partial charge in [-0.1, -0.05) is 17.7 Å². The summed E-state index contributed by atoms with van der Waals surface area (Å²) < 4.78 is 0. The Bertz CT molecular complexity index is 587. The summed E-state index contributed by atoms with van der Waals surface area (Å²) in [6.07, 6.45) is 0. The fourth-order valence-corrected chi connectivity index (χ4v) is 3.55. The Kier molecular flexibility index (Phi) is 5.34. The number of rotatable bonds is 5. The molecule has 1 heterocycles. The van der Waals surface area contributed by atoms with Crippen LogP contribution >= 0.6 is 34.7 Å². The maximum Gasteiger partial charge on any atom is 0.233 e. The van der Waals surface area contributed by atoms with Gasteiger partial charge < -0.3 is 10.6 Å². The third-order valence-corrected chi connectivity index (χ3v) is 4.88. The number of hydrogen-bond donors (Lipinski definition) is 1. The molecule has 0 atom stereocenters. The zero-order valence-electron chi connectivity index (χ0n) is 11.0. The molecule has 0 fully saturated rings. The van der Waals surface area contributed by atoms with Crippen LogP contribution in [0.25, 0.3) is 0 Å². The fraction of sp³-hybridized carbons (Fsp3) is 0.214. The second-order valence-electron chi connectivity index (χ2n) is 4.30. The van der Waals surface area contributed by atoms with Crippen molar-refractivity contribution in [1.82, 2.24) is 4.90 Å². The Balaban J connectivity index is 1.89. The lowest BCUT2D eigenvalue weighted by atomic mass is 10.3. The SMILES string of the molecule is CN(Cc1cccs1)C(=O)CSc1cc(Cl)ccc1N. The average molecular weight is 327 g/mol. The largest absolute Gasteiger partial charge is 0.398 e. The van der Waals surface area contributed by atoms with Gasteiger partial charge in [0.15, 0.2) is 0 Å². The van der Waals surface area contributed by atoms with Crippen molar-refractivity contribution in [3.8, 4) is 0 Å². The minimum Gasteiger partial charge on any atom is -0.398 e. The lowest BCUT2D eigenvalue weighted by Gasteiger charge is -2.16. The number of anilines is 1. The lowest BCUT2D eigenvalue weighted by Crippen LogP contribution is -2.27. The van der Waals surface area contributed by atoms with E-state index in [1.54, 1.807) is 34.4 Å². The highest BCUT2D eigenvalue weighted by atomic mass is 35.5. The number of hydrogen-bond acceptors (Lipinski definition) is 4. The third kappa shape index (κ3) is 4.16. The summed E-state index contributed by atoms with van der Waals surface area (Å²) in [5, 5.41) is 2.64. The number of thioether (sulfide) groups is 1. The van der Waals surface area contributed by atoms with E-state index in [0.717, 1.165) is 4.90 Å². The predicted octanol–water partition coefficient (Wildman–Crippen LogP) is 3.73. The van der Waals surface area contributed by atoms with Crippen LogP contribution in [-0.4, -0.2) is 23.6 Å². The summed E-state index contributed by atoms with van der Waals surface area (Å²) in [4.78, 5) is 15.8. The zero-order chi connectivity index (χ0) is 14.5. The first-order valence-corrected chi connectivity index (χ1v) is 8.25. The van der Waals surface area contributed by atoms with Crippen molar-refractivity contribution < 1.29 is 4.79 Å². The maximum atomic E-state index is 12.1. The van der Waals surface area contributed by atoms with Crippen LogP contribution in [0.3, 0.4) is 0 Å². The molecule has 6 heteroatoms. The molecule has 0 unspecified atom stereocenters. The minimum absolute atomic E-state index is 0.0720. The number of nitrogens with zero attached hydrogens (tertiary/aromatic N) is 1. The molecule has 0 aliphatic rings. The fourth-order valence-electron chi connectivity index (χ4n) is 1.61. The Morgan fingerprint density at radius 3 is 2.95 bits per heavy atom. The van der Waals surface area contributed by atoms with Crippen molar-refractivity contribution in [2.45, 2.75) is 11.4 Å². The van der Waals surface area contributed by atoms with Crippen LogP contribution < -0.4 is 5.73 Å². The van der Waals surface area contributed by atoms with Gasteiger partial charge in [0.1, 0.15) is 0 Å². The second-order valence-corrected chi connectivity index (χ2v) is 6.79. The first-order valence-electron chi connectivity index (χ1n) is 6.00. The van der Waals surface area contributed by atoms with Crippen molar-refractivity contribution in [2.75, 3.05) is 18.5 Å². The van der Waals surface area contributed by atoms with Gasteiger partial charge in [0, 0.05) is 27.5 Å². The van der Waals surface area contributed by atoms with Crippen LogP contribution in [0.5, 0.6) is 0 Å². The van der Waals surface area contributed by atoms with Crippen LogP contribution in [0.2, 0.25) is 5.02 Å². The van der Waals surface area contributed by atoms with Gasteiger partial charge in [-0.3, -0.25) is 4.79 Å². The van der Waals surface area contributed by atoms with Gasteiger partial charge in [0.2, 0.25) is 5.91 Å².